The van der Waals surface area contributed by atoms with Crippen LogP contribution in [-0.4, -0.2) is 16.1 Å². The van der Waals surface area contributed by atoms with Crippen LogP contribution < -0.4 is 0 Å². The van der Waals surface area contributed by atoms with Crippen molar-refractivity contribution >= 4 is 29.5 Å². The van der Waals surface area contributed by atoms with Gasteiger partial charge in [-0.15, -0.1) is 0 Å². The molecule has 0 atom stereocenters. The van der Waals surface area contributed by atoms with Crippen molar-refractivity contribution < 1.29 is 18.0 Å². The topological polar surface area (TPSA) is 34.9 Å². The SMILES string of the molecule is O=Cc1cc(C(F)(F)F)nn1-c1c(Cl)cccc1Cl. The van der Waals surface area contributed by atoms with E-state index in [1.807, 2.05) is 0 Å². The highest BCUT2D eigenvalue weighted by Crippen LogP contribution is 2.33. The molecule has 8 heteroatoms. The summed E-state index contributed by atoms with van der Waals surface area (Å²) in [4.78, 5) is 10.8. The van der Waals surface area contributed by atoms with Crippen molar-refractivity contribution in [2.75, 3.05) is 0 Å². The molecule has 2 rings (SSSR count). The lowest BCUT2D eigenvalue weighted by Crippen LogP contribution is -2.08. The third-order valence-corrected chi connectivity index (χ3v) is 2.91. The van der Waals surface area contributed by atoms with E-state index in [2.05, 4.69) is 5.10 Å². The van der Waals surface area contributed by atoms with Crippen molar-refractivity contribution in [3.63, 3.8) is 0 Å². The summed E-state index contributed by atoms with van der Waals surface area (Å²) in [6.07, 6.45) is -4.40. The number of para-hydroxylation sites is 1. The van der Waals surface area contributed by atoms with Gasteiger partial charge in [0.1, 0.15) is 11.4 Å². The second-order valence-corrected chi connectivity index (χ2v) is 4.37. The van der Waals surface area contributed by atoms with E-state index in [9.17, 15) is 18.0 Å². The smallest absolute Gasteiger partial charge is 0.296 e. The van der Waals surface area contributed by atoms with Crippen LogP contribution in [0.2, 0.25) is 10.0 Å². The third kappa shape index (κ3) is 2.59. The molecular formula is C11H5Cl2F3N2O. The van der Waals surface area contributed by atoms with Crippen LogP contribution in [0.3, 0.4) is 0 Å². The van der Waals surface area contributed by atoms with E-state index in [-0.39, 0.29) is 27.7 Å². The number of benzene rings is 1. The van der Waals surface area contributed by atoms with Crippen LogP contribution in [0.25, 0.3) is 5.69 Å². The zero-order valence-electron chi connectivity index (χ0n) is 9.08. The molecule has 0 bridgehead atoms. The molecule has 0 N–H and O–H groups in total. The van der Waals surface area contributed by atoms with Crippen LogP contribution in [0.15, 0.2) is 24.3 Å². The van der Waals surface area contributed by atoms with E-state index < -0.39 is 11.9 Å². The van der Waals surface area contributed by atoms with E-state index in [4.69, 9.17) is 23.2 Å². The van der Waals surface area contributed by atoms with Crippen molar-refractivity contribution in [2.45, 2.75) is 6.18 Å². The Morgan fingerprint density at radius 3 is 2.26 bits per heavy atom. The fourth-order valence-corrected chi connectivity index (χ4v) is 2.05. The summed E-state index contributed by atoms with van der Waals surface area (Å²) in [5.74, 6) is 0. The molecule has 2 aromatic rings. The van der Waals surface area contributed by atoms with Crippen LogP contribution >= 0.6 is 23.2 Å². The highest BCUT2D eigenvalue weighted by molar-refractivity contribution is 6.37. The third-order valence-electron chi connectivity index (χ3n) is 2.30. The van der Waals surface area contributed by atoms with Gasteiger partial charge in [-0.3, -0.25) is 4.79 Å². The zero-order chi connectivity index (χ0) is 14.2. The summed E-state index contributed by atoms with van der Waals surface area (Å²) in [6.45, 7) is 0. The van der Waals surface area contributed by atoms with E-state index >= 15 is 0 Å². The molecule has 1 aromatic heterocycles. The van der Waals surface area contributed by atoms with Gasteiger partial charge < -0.3 is 0 Å². The number of hydrogen-bond acceptors (Lipinski definition) is 2. The summed E-state index contributed by atoms with van der Waals surface area (Å²) >= 11 is 11.7. The summed E-state index contributed by atoms with van der Waals surface area (Å²) in [5.41, 5.74) is -1.45. The van der Waals surface area contributed by atoms with Crippen LogP contribution in [0.4, 0.5) is 13.2 Å². The average Bonchev–Trinajstić information content (AvgIpc) is 2.72. The van der Waals surface area contributed by atoms with Crippen LogP contribution in [0, 0.1) is 0 Å². The number of rotatable bonds is 2. The van der Waals surface area contributed by atoms with Gasteiger partial charge in [-0.05, 0) is 18.2 Å². The number of alkyl halides is 3. The van der Waals surface area contributed by atoms with Crippen molar-refractivity contribution in [1.29, 1.82) is 0 Å². The van der Waals surface area contributed by atoms with Crippen molar-refractivity contribution in [1.82, 2.24) is 9.78 Å². The highest BCUT2D eigenvalue weighted by Gasteiger charge is 2.35. The second-order valence-electron chi connectivity index (χ2n) is 3.55. The summed E-state index contributed by atoms with van der Waals surface area (Å²) in [6, 6.07) is 5.04. The lowest BCUT2D eigenvalue weighted by atomic mass is 10.3. The predicted molar refractivity (Wildman–Crippen MR) is 64.0 cm³/mol. The van der Waals surface area contributed by atoms with Gasteiger partial charge in [-0.1, -0.05) is 29.3 Å². The largest absolute Gasteiger partial charge is 0.435 e. The lowest BCUT2D eigenvalue weighted by Gasteiger charge is -2.08. The molecule has 0 aliphatic rings. The van der Waals surface area contributed by atoms with Crippen LogP contribution in [0.1, 0.15) is 16.2 Å². The van der Waals surface area contributed by atoms with Gasteiger partial charge >= 0.3 is 6.18 Å². The molecule has 0 saturated heterocycles. The maximum Gasteiger partial charge on any atom is 0.435 e. The number of carbonyl (C=O) groups is 1. The van der Waals surface area contributed by atoms with E-state index in [0.29, 0.717) is 6.07 Å². The number of nitrogens with zero attached hydrogens (tertiary/aromatic N) is 2. The molecular weight excluding hydrogens is 304 g/mol. The Morgan fingerprint density at radius 1 is 1.21 bits per heavy atom. The maximum absolute atomic E-state index is 12.6. The summed E-state index contributed by atoms with van der Waals surface area (Å²) < 4.78 is 38.5. The van der Waals surface area contributed by atoms with Gasteiger partial charge in [0, 0.05) is 0 Å². The Hall–Kier alpha value is -1.53. The Labute approximate surface area is 115 Å². The highest BCUT2D eigenvalue weighted by atomic mass is 35.5. The minimum Gasteiger partial charge on any atom is -0.296 e. The van der Waals surface area contributed by atoms with Gasteiger partial charge in [0.05, 0.1) is 10.0 Å². The number of hydrogen-bond donors (Lipinski definition) is 0. The second kappa shape index (κ2) is 4.86. The fraction of sp³-hybridized carbons (Fsp3) is 0.0909. The lowest BCUT2D eigenvalue weighted by molar-refractivity contribution is -0.141. The average molecular weight is 309 g/mol. The summed E-state index contributed by atoms with van der Waals surface area (Å²) in [7, 11) is 0. The molecule has 100 valence electrons. The van der Waals surface area contributed by atoms with Gasteiger partial charge in [-0.25, -0.2) is 4.68 Å². The zero-order valence-corrected chi connectivity index (χ0v) is 10.6. The van der Waals surface area contributed by atoms with Gasteiger partial charge in [-0.2, -0.15) is 18.3 Å². The van der Waals surface area contributed by atoms with Gasteiger partial charge in [0.2, 0.25) is 0 Å². The molecule has 1 aromatic carbocycles. The Morgan fingerprint density at radius 2 is 1.79 bits per heavy atom. The number of aromatic nitrogens is 2. The monoisotopic (exact) mass is 308 g/mol. The van der Waals surface area contributed by atoms with Crippen molar-refractivity contribution in [3.8, 4) is 5.69 Å². The molecule has 0 unspecified atom stereocenters. The Kier molecular flexibility index (Phi) is 3.56. The Balaban J connectivity index is 2.69. The Bertz CT molecular complexity index is 617. The van der Waals surface area contributed by atoms with Gasteiger partial charge in [0.15, 0.2) is 12.0 Å². The molecule has 0 spiro atoms. The van der Waals surface area contributed by atoms with Gasteiger partial charge in [0.25, 0.3) is 0 Å². The molecule has 3 nitrogen and oxygen atoms in total. The maximum atomic E-state index is 12.6. The van der Waals surface area contributed by atoms with E-state index in [1.54, 1.807) is 0 Å². The van der Waals surface area contributed by atoms with Crippen LogP contribution in [0.5, 0.6) is 0 Å². The van der Waals surface area contributed by atoms with E-state index in [1.165, 1.54) is 18.2 Å². The minimum absolute atomic E-state index is 0.0310. The molecule has 0 amide bonds. The number of halogens is 5. The first-order valence-corrected chi connectivity index (χ1v) is 5.67. The first kappa shape index (κ1) is 13.9. The molecule has 0 radical (unpaired) electrons. The quantitative estimate of drug-likeness (QED) is 0.786. The molecule has 0 fully saturated rings. The molecule has 0 saturated carbocycles. The standard InChI is InChI=1S/C11H5Cl2F3N2O/c12-7-2-1-3-8(13)10(7)18-6(5-19)4-9(17-18)11(14,15)16/h1-5H. The van der Waals surface area contributed by atoms with Crippen molar-refractivity contribution in [3.05, 3.63) is 45.7 Å². The van der Waals surface area contributed by atoms with Crippen LogP contribution in [-0.2, 0) is 6.18 Å². The van der Waals surface area contributed by atoms with Crippen molar-refractivity contribution in [2.24, 2.45) is 0 Å². The normalized spacial score (nSPS) is 11.6. The molecule has 0 aliphatic carbocycles. The minimum atomic E-state index is -4.66. The first-order chi connectivity index (χ1) is 8.84. The molecule has 1 heterocycles. The number of aldehydes is 1. The summed E-state index contributed by atoms with van der Waals surface area (Å²) in [5, 5.41) is 3.52. The fourth-order valence-electron chi connectivity index (χ4n) is 1.49. The predicted octanol–water partition coefficient (Wildman–Crippen LogP) is 4.01. The number of carbonyl (C=O) groups excluding carboxylic acids is 1. The van der Waals surface area contributed by atoms with E-state index in [0.717, 1.165) is 4.68 Å². The molecule has 19 heavy (non-hydrogen) atoms. The first-order valence-electron chi connectivity index (χ1n) is 4.91. The molecule has 0 aliphatic heterocycles.